The van der Waals surface area contributed by atoms with Gasteiger partial charge in [-0.2, -0.15) is 0 Å². The smallest absolute Gasteiger partial charge is 0.176 e. The lowest BCUT2D eigenvalue weighted by atomic mass is 9.93. The SMILES string of the molecule is COc1ccc([C@H]2C(=O)c3ccccc3C2=Nc2cccc(C(C)=O)c2)cc1. The lowest BCUT2D eigenvalue weighted by molar-refractivity contribution is 0.0986. The summed E-state index contributed by atoms with van der Waals surface area (Å²) in [5, 5.41) is 0. The normalized spacial score (nSPS) is 16.9. The number of Topliss-reactive ketones (excluding diaryl/α,β-unsaturated/α-hetero) is 2. The molecule has 4 heteroatoms. The van der Waals surface area contributed by atoms with E-state index in [4.69, 9.17) is 9.73 Å². The summed E-state index contributed by atoms with van der Waals surface area (Å²) in [5.41, 5.74) is 4.33. The molecule has 1 aliphatic rings. The first-order chi connectivity index (χ1) is 13.6. The van der Waals surface area contributed by atoms with Crippen LogP contribution in [0.25, 0.3) is 0 Å². The standard InChI is InChI=1S/C24H19NO3/c1-15(26)17-6-5-7-18(14-17)25-23-20-8-3-4-9-21(20)24(27)22(23)16-10-12-19(28-2)13-11-16/h3-14,22H,1-2H3/t22-/m1/s1. The molecule has 0 saturated carbocycles. The molecule has 0 spiro atoms. The molecule has 4 rings (SSSR count). The first kappa shape index (κ1) is 17.9. The minimum atomic E-state index is -0.482. The summed E-state index contributed by atoms with van der Waals surface area (Å²) in [6, 6.07) is 22.2. The summed E-state index contributed by atoms with van der Waals surface area (Å²) in [5.74, 6) is 0.266. The Labute approximate surface area is 163 Å². The van der Waals surface area contributed by atoms with Crippen LogP contribution in [0.3, 0.4) is 0 Å². The van der Waals surface area contributed by atoms with Crippen LogP contribution >= 0.6 is 0 Å². The highest BCUT2D eigenvalue weighted by Crippen LogP contribution is 2.36. The first-order valence-corrected chi connectivity index (χ1v) is 9.05. The molecular weight excluding hydrogens is 350 g/mol. The number of rotatable bonds is 4. The van der Waals surface area contributed by atoms with Crippen LogP contribution in [0.2, 0.25) is 0 Å². The fourth-order valence-corrected chi connectivity index (χ4v) is 3.52. The minimum absolute atomic E-state index is 0.0170. The molecule has 3 aromatic rings. The van der Waals surface area contributed by atoms with Gasteiger partial charge in [-0.25, -0.2) is 0 Å². The monoisotopic (exact) mass is 369 g/mol. The van der Waals surface area contributed by atoms with Gasteiger partial charge >= 0.3 is 0 Å². The number of methoxy groups -OCH3 is 1. The third-order valence-corrected chi connectivity index (χ3v) is 4.96. The van der Waals surface area contributed by atoms with Crippen molar-refractivity contribution in [3.8, 4) is 5.75 Å². The predicted octanol–water partition coefficient (Wildman–Crippen LogP) is 5.00. The number of ketones is 2. The lowest BCUT2D eigenvalue weighted by Gasteiger charge is -2.12. The van der Waals surface area contributed by atoms with Crippen molar-refractivity contribution < 1.29 is 14.3 Å². The number of fused-ring (bicyclic) bond motifs is 1. The lowest BCUT2D eigenvalue weighted by Crippen LogP contribution is -2.13. The molecule has 0 N–H and O–H groups in total. The molecule has 4 nitrogen and oxygen atoms in total. The number of ether oxygens (including phenoxy) is 1. The van der Waals surface area contributed by atoms with E-state index in [0.29, 0.717) is 22.5 Å². The average molecular weight is 369 g/mol. The zero-order valence-electron chi connectivity index (χ0n) is 15.7. The topological polar surface area (TPSA) is 55.7 Å². The zero-order chi connectivity index (χ0) is 19.7. The zero-order valence-corrected chi connectivity index (χ0v) is 15.7. The van der Waals surface area contributed by atoms with Gasteiger partial charge in [0.1, 0.15) is 5.75 Å². The third kappa shape index (κ3) is 3.14. The second-order valence-corrected chi connectivity index (χ2v) is 6.72. The maximum atomic E-state index is 13.2. The number of carbonyl (C=O) groups excluding carboxylic acids is 2. The van der Waals surface area contributed by atoms with Gasteiger partial charge in [0.05, 0.1) is 24.4 Å². The maximum Gasteiger partial charge on any atom is 0.176 e. The second-order valence-electron chi connectivity index (χ2n) is 6.72. The summed E-state index contributed by atoms with van der Waals surface area (Å²) >= 11 is 0. The Morgan fingerprint density at radius 3 is 2.32 bits per heavy atom. The molecule has 0 aliphatic heterocycles. The fraction of sp³-hybridized carbons (Fsp3) is 0.125. The summed E-state index contributed by atoms with van der Waals surface area (Å²) in [6.07, 6.45) is 0. The van der Waals surface area contributed by atoms with Crippen LogP contribution in [0.5, 0.6) is 5.75 Å². The Morgan fingerprint density at radius 1 is 0.929 bits per heavy atom. The van der Waals surface area contributed by atoms with Crippen LogP contribution in [0.15, 0.2) is 77.8 Å². The number of benzene rings is 3. The summed E-state index contributed by atoms with van der Waals surface area (Å²) in [7, 11) is 1.61. The van der Waals surface area contributed by atoms with Crippen molar-refractivity contribution >= 4 is 23.0 Å². The molecule has 1 atom stereocenters. The van der Waals surface area contributed by atoms with Crippen molar-refractivity contribution in [3.05, 3.63) is 95.1 Å². The molecule has 0 fully saturated rings. The number of hydrogen-bond donors (Lipinski definition) is 0. The van der Waals surface area contributed by atoms with E-state index in [2.05, 4.69) is 0 Å². The van der Waals surface area contributed by atoms with Gasteiger partial charge in [-0.1, -0.05) is 48.5 Å². The second kappa shape index (κ2) is 7.24. The Bertz CT molecular complexity index is 1100. The molecule has 0 saturated heterocycles. The van der Waals surface area contributed by atoms with Crippen LogP contribution < -0.4 is 4.74 Å². The summed E-state index contributed by atoms with van der Waals surface area (Å²) < 4.78 is 5.23. The van der Waals surface area contributed by atoms with Crippen molar-refractivity contribution in [2.45, 2.75) is 12.8 Å². The molecule has 0 heterocycles. The van der Waals surface area contributed by atoms with Gasteiger partial charge in [0.15, 0.2) is 11.6 Å². The highest BCUT2D eigenvalue weighted by Gasteiger charge is 2.37. The number of aliphatic imine (C=N–C) groups is 1. The Balaban J connectivity index is 1.86. The van der Waals surface area contributed by atoms with E-state index in [1.54, 1.807) is 25.3 Å². The number of nitrogens with zero attached hydrogens (tertiary/aromatic N) is 1. The van der Waals surface area contributed by atoms with E-state index < -0.39 is 5.92 Å². The Hall–Kier alpha value is -3.53. The van der Waals surface area contributed by atoms with Crippen molar-refractivity contribution in [2.24, 2.45) is 4.99 Å². The molecule has 0 unspecified atom stereocenters. The summed E-state index contributed by atoms with van der Waals surface area (Å²) in [4.78, 5) is 29.7. The van der Waals surface area contributed by atoms with Gasteiger partial charge in [-0.15, -0.1) is 0 Å². The van der Waals surface area contributed by atoms with Crippen molar-refractivity contribution in [1.29, 1.82) is 0 Å². The van der Waals surface area contributed by atoms with E-state index in [-0.39, 0.29) is 11.6 Å². The highest BCUT2D eigenvalue weighted by atomic mass is 16.5. The van der Waals surface area contributed by atoms with Crippen LogP contribution in [0.1, 0.15) is 44.7 Å². The van der Waals surface area contributed by atoms with E-state index >= 15 is 0 Å². The molecule has 1 aliphatic carbocycles. The number of hydrogen-bond acceptors (Lipinski definition) is 4. The van der Waals surface area contributed by atoms with Gasteiger partial charge < -0.3 is 4.74 Å². The quantitative estimate of drug-likeness (QED) is 0.608. The molecule has 3 aromatic carbocycles. The number of carbonyl (C=O) groups is 2. The van der Waals surface area contributed by atoms with Gasteiger partial charge in [-0.3, -0.25) is 14.6 Å². The van der Waals surface area contributed by atoms with Gasteiger partial charge in [0.2, 0.25) is 0 Å². The van der Waals surface area contributed by atoms with E-state index in [9.17, 15) is 9.59 Å². The largest absolute Gasteiger partial charge is 0.497 e. The van der Waals surface area contributed by atoms with Gasteiger partial charge in [0, 0.05) is 16.7 Å². The van der Waals surface area contributed by atoms with Crippen LogP contribution in [-0.2, 0) is 0 Å². The van der Waals surface area contributed by atoms with Crippen molar-refractivity contribution in [1.82, 2.24) is 0 Å². The van der Waals surface area contributed by atoms with E-state index in [0.717, 1.165) is 16.9 Å². The van der Waals surface area contributed by atoms with Crippen molar-refractivity contribution in [3.63, 3.8) is 0 Å². The fourth-order valence-electron chi connectivity index (χ4n) is 3.52. The average Bonchev–Trinajstić information content (AvgIpc) is 3.00. The van der Waals surface area contributed by atoms with Gasteiger partial charge in [0.25, 0.3) is 0 Å². The molecular formula is C24H19NO3. The van der Waals surface area contributed by atoms with Crippen LogP contribution in [-0.4, -0.2) is 24.4 Å². The van der Waals surface area contributed by atoms with E-state index in [1.807, 2.05) is 54.6 Å². The Morgan fingerprint density at radius 2 is 1.64 bits per heavy atom. The van der Waals surface area contributed by atoms with Crippen LogP contribution in [0, 0.1) is 0 Å². The third-order valence-electron chi connectivity index (χ3n) is 4.96. The predicted molar refractivity (Wildman–Crippen MR) is 109 cm³/mol. The maximum absolute atomic E-state index is 13.2. The van der Waals surface area contributed by atoms with Gasteiger partial charge in [-0.05, 0) is 36.8 Å². The molecule has 0 aromatic heterocycles. The van der Waals surface area contributed by atoms with Crippen LogP contribution in [0.4, 0.5) is 5.69 Å². The van der Waals surface area contributed by atoms with Crippen molar-refractivity contribution in [2.75, 3.05) is 7.11 Å². The highest BCUT2D eigenvalue weighted by molar-refractivity contribution is 6.32. The molecule has 138 valence electrons. The molecule has 0 radical (unpaired) electrons. The summed E-state index contributed by atoms with van der Waals surface area (Å²) in [6.45, 7) is 1.53. The Kier molecular flexibility index (Phi) is 4.62. The van der Waals surface area contributed by atoms with E-state index in [1.165, 1.54) is 6.92 Å². The minimum Gasteiger partial charge on any atom is -0.497 e. The molecule has 0 bridgehead atoms. The molecule has 0 amide bonds. The molecule has 28 heavy (non-hydrogen) atoms. The first-order valence-electron chi connectivity index (χ1n) is 9.05.